The van der Waals surface area contributed by atoms with Crippen molar-refractivity contribution in [1.82, 2.24) is 5.32 Å². The molecule has 0 bridgehead atoms. The van der Waals surface area contributed by atoms with Crippen molar-refractivity contribution in [3.63, 3.8) is 0 Å². The van der Waals surface area contributed by atoms with Crippen LogP contribution in [-0.2, 0) is 4.79 Å². The Bertz CT molecular complexity index is 204. The highest BCUT2D eigenvalue weighted by molar-refractivity contribution is 5.82. The summed E-state index contributed by atoms with van der Waals surface area (Å²) in [5.41, 5.74) is 0. The van der Waals surface area contributed by atoms with Gasteiger partial charge in [0.1, 0.15) is 0 Å². The van der Waals surface area contributed by atoms with Crippen LogP contribution in [0.15, 0.2) is 0 Å². The van der Waals surface area contributed by atoms with Crippen molar-refractivity contribution >= 4 is 5.91 Å². The zero-order valence-corrected chi connectivity index (χ0v) is 6.11. The third-order valence-corrected chi connectivity index (χ3v) is 0.957. The van der Waals surface area contributed by atoms with Crippen molar-refractivity contribution in [1.29, 1.82) is 0 Å². The van der Waals surface area contributed by atoms with Gasteiger partial charge in [0, 0.05) is 12.5 Å². The minimum Gasteiger partial charge on any atom is -0.345 e. The fraction of sp³-hybridized carbons (Fsp3) is 0.429. The number of rotatable bonds is 2. The second-order valence-electron chi connectivity index (χ2n) is 2.08. The Balaban J connectivity index is 3.95. The predicted octanol–water partition coefficient (Wildman–Crippen LogP) is 0.891. The van der Waals surface area contributed by atoms with Crippen molar-refractivity contribution in [3.8, 4) is 12.3 Å². The van der Waals surface area contributed by atoms with Gasteiger partial charge >= 0.3 is 12.1 Å². The van der Waals surface area contributed by atoms with Gasteiger partial charge in [0.25, 0.3) is 0 Å². The molecule has 0 aliphatic heterocycles. The number of carbonyl (C=O) groups excluding carboxylic acids is 1. The van der Waals surface area contributed by atoms with Crippen molar-refractivity contribution in [2.75, 3.05) is 0 Å². The van der Waals surface area contributed by atoms with E-state index in [0.717, 1.165) is 0 Å². The van der Waals surface area contributed by atoms with Crippen LogP contribution in [0.2, 0.25) is 0 Å². The van der Waals surface area contributed by atoms with E-state index in [-0.39, 0.29) is 6.42 Å². The first-order valence-corrected chi connectivity index (χ1v) is 3.02. The van der Waals surface area contributed by atoms with E-state index in [1.807, 2.05) is 0 Å². The van der Waals surface area contributed by atoms with Gasteiger partial charge in [-0.25, -0.2) is 0 Å². The summed E-state index contributed by atoms with van der Waals surface area (Å²) in [6.07, 6.45) is -0.105. The molecule has 0 rings (SSSR count). The molecule has 0 aromatic carbocycles. The lowest BCUT2D eigenvalue weighted by atomic mass is 10.2. The second kappa shape index (κ2) is 4.00. The summed E-state index contributed by atoms with van der Waals surface area (Å²) in [6, 6.07) is -0.899. The van der Waals surface area contributed by atoms with Crippen molar-refractivity contribution in [2.45, 2.75) is 18.6 Å². The Morgan fingerprint density at radius 3 is 2.50 bits per heavy atom. The number of nitrogens with one attached hydrogen (secondary N) is 1. The molecular formula is C7H7F3NO. The molecule has 12 heavy (non-hydrogen) atoms. The van der Waals surface area contributed by atoms with E-state index in [1.165, 1.54) is 0 Å². The predicted molar refractivity (Wildman–Crippen MR) is 36.8 cm³/mol. The van der Waals surface area contributed by atoms with Crippen LogP contribution in [0.4, 0.5) is 13.2 Å². The normalized spacial score (nSPS) is 13.2. The summed E-state index contributed by atoms with van der Waals surface area (Å²) >= 11 is 0. The van der Waals surface area contributed by atoms with Crippen LogP contribution < -0.4 is 5.32 Å². The van der Waals surface area contributed by atoms with E-state index >= 15 is 0 Å². The Hall–Kier alpha value is -1.18. The van der Waals surface area contributed by atoms with Gasteiger partial charge in [0.05, 0.1) is 0 Å². The highest BCUT2D eigenvalue weighted by atomic mass is 19.4. The average Bonchev–Trinajstić information content (AvgIpc) is 1.85. The van der Waals surface area contributed by atoms with Gasteiger partial charge in [-0.15, -0.1) is 12.3 Å². The van der Waals surface area contributed by atoms with E-state index in [9.17, 15) is 18.0 Å². The molecule has 0 aromatic heterocycles. The highest BCUT2D eigenvalue weighted by Gasteiger charge is 2.38. The number of hydrogen-bond donors (Lipinski definition) is 1. The SMILES string of the molecule is C#CCC([CH2])NC(=O)C(F)(F)F. The first-order valence-electron chi connectivity index (χ1n) is 3.02. The standard InChI is InChI=1S/C7H7F3NO/c1-3-4-5(2)11-6(12)7(8,9)10/h1,5H,2,4H2,(H,11,12). The van der Waals surface area contributed by atoms with Crippen LogP contribution in [0.1, 0.15) is 6.42 Å². The summed E-state index contributed by atoms with van der Waals surface area (Å²) < 4.78 is 34.7. The van der Waals surface area contributed by atoms with Gasteiger partial charge in [0.2, 0.25) is 0 Å². The number of halogens is 3. The van der Waals surface area contributed by atoms with Crippen LogP contribution >= 0.6 is 0 Å². The van der Waals surface area contributed by atoms with Gasteiger partial charge < -0.3 is 5.32 Å². The third-order valence-electron chi connectivity index (χ3n) is 0.957. The number of hydrogen-bond acceptors (Lipinski definition) is 1. The molecule has 0 saturated carbocycles. The lowest BCUT2D eigenvalue weighted by molar-refractivity contribution is -0.174. The molecule has 0 spiro atoms. The number of amides is 1. The fourth-order valence-electron chi connectivity index (χ4n) is 0.461. The molecule has 0 fully saturated rings. The first-order chi connectivity index (χ1) is 5.38. The maximum atomic E-state index is 11.6. The lowest BCUT2D eigenvalue weighted by Gasteiger charge is -2.11. The number of carbonyl (C=O) groups is 1. The van der Waals surface area contributed by atoms with Gasteiger partial charge in [0.15, 0.2) is 0 Å². The summed E-state index contributed by atoms with van der Waals surface area (Å²) in [6.45, 7) is 3.21. The van der Waals surface area contributed by atoms with Crippen LogP contribution in [0.25, 0.3) is 0 Å². The third kappa shape index (κ3) is 3.86. The monoisotopic (exact) mass is 178 g/mol. The summed E-state index contributed by atoms with van der Waals surface area (Å²) in [7, 11) is 0. The number of terminal acetylenes is 1. The Morgan fingerprint density at radius 2 is 2.17 bits per heavy atom. The molecule has 0 heterocycles. The van der Waals surface area contributed by atoms with Crippen LogP contribution in [0.5, 0.6) is 0 Å². The lowest BCUT2D eigenvalue weighted by Crippen LogP contribution is -2.41. The zero-order valence-electron chi connectivity index (χ0n) is 6.11. The maximum Gasteiger partial charge on any atom is 0.471 e. The smallest absolute Gasteiger partial charge is 0.345 e. The minimum absolute atomic E-state index is 0.0260. The molecule has 1 unspecified atom stereocenters. The molecule has 0 aromatic rings. The summed E-state index contributed by atoms with van der Waals surface area (Å²) in [5.74, 6) is 0.0637. The second-order valence-corrected chi connectivity index (χ2v) is 2.08. The average molecular weight is 178 g/mol. The largest absolute Gasteiger partial charge is 0.471 e. The summed E-state index contributed by atoms with van der Waals surface area (Å²) in [4.78, 5) is 10.2. The van der Waals surface area contributed by atoms with Crippen molar-refractivity contribution < 1.29 is 18.0 Å². The zero-order chi connectivity index (χ0) is 9.78. The molecular weight excluding hydrogens is 171 g/mol. The quantitative estimate of drug-likeness (QED) is 0.625. The number of alkyl halides is 3. The van der Waals surface area contributed by atoms with E-state index < -0.39 is 18.1 Å². The highest BCUT2D eigenvalue weighted by Crippen LogP contribution is 2.14. The van der Waals surface area contributed by atoms with Gasteiger partial charge in [-0.05, 0) is 6.92 Å². The van der Waals surface area contributed by atoms with Crippen LogP contribution in [0, 0.1) is 19.3 Å². The molecule has 2 nitrogen and oxygen atoms in total. The molecule has 67 valence electrons. The van der Waals surface area contributed by atoms with E-state index in [2.05, 4.69) is 12.8 Å². The van der Waals surface area contributed by atoms with Crippen molar-refractivity contribution in [3.05, 3.63) is 6.92 Å². The molecule has 1 radical (unpaired) electrons. The maximum absolute atomic E-state index is 11.6. The minimum atomic E-state index is -4.87. The Morgan fingerprint density at radius 1 is 1.67 bits per heavy atom. The molecule has 1 amide bonds. The molecule has 0 aliphatic carbocycles. The topological polar surface area (TPSA) is 29.1 Å². The Kier molecular flexibility index (Phi) is 3.61. The van der Waals surface area contributed by atoms with E-state index in [4.69, 9.17) is 6.42 Å². The van der Waals surface area contributed by atoms with E-state index in [1.54, 1.807) is 5.32 Å². The Labute approximate surface area is 68.1 Å². The molecule has 1 N–H and O–H groups in total. The molecule has 0 aliphatic rings. The first kappa shape index (κ1) is 10.8. The van der Waals surface area contributed by atoms with Gasteiger partial charge in [-0.2, -0.15) is 13.2 Å². The van der Waals surface area contributed by atoms with Crippen molar-refractivity contribution in [2.24, 2.45) is 0 Å². The molecule has 5 heteroatoms. The fourth-order valence-corrected chi connectivity index (χ4v) is 0.461. The molecule has 0 saturated heterocycles. The summed E-state index contributed by atoms with van der Waals surface area (Å²) in [5, 5.41) is 1.60. The van der Waals surface area contributed by atoms with Crippen LogP contribution in [-0.4, -0.2) is 18.1 Å². The molecule has 1 atom stereocenters. The van der Waals surface area contributed by atoms with E-state index in [0.29, 0.717) is 0 Å². The van der Waals surface area contributed by atoms with Gasteiger partial charge in [-0.3, -0.25) is 4.79 Å². The van der Waals surface area contributed by atoms with Gasteiger partial charge in [-0.1, -0.05) is 0 Å². The van der Waals surface area contributed by atoms with Crippen LogP contribution in [0.3, 0.4) is 0 Å².